The van der Waals surface area contributed by atoms with Crippen molar-refractivity contribution in [2.24, 2.45) is 11.5 Å². The SMILES string of the molecule is CC(C)(C)OC(=O)N[C@@H]1COC[C@@H]1N.CC(C)(C)OC(=O)N[C@H]1COC[C@H]1N. The van der Waals surface area contributed by atoms with E-state index >= 15 is 0 Å². The summed E-state index contributed by atoms with van der Waals surface area (Å²) in [6.07, 6.45) is -0.882. The zero-order chi connectivity index (χ0) is 21.5. The summed E-state index contributed by atoms with van der Waals surface area (Å²) < 4.78 is 20.4. The van der Waals surface area contributed by atoms with Crippen LogP contribution in [0.4, 0.5) is 9.59 Å². The number of rotatable bonds is 2. The van der Waals surface area contributed by atoms with E-state index in [9.17, 15) is 9.59 Å². The molecule has 2 fully saturated rings. The number of carbonyl (C=O) groups is 2. The van der Waals surface area contributed by atoms with E-state index in [0.717, 1.165) is 0 Å². The maximum absolute atomic E-state index is 11.3. The minimum absolute atomic E-state index is 0.134. The van der Waals surface area contributed by atoms with Gasteiger partial charge in [-0.2, -0.15) is 0 Å². The van der Waals surface area contributed by atoms with Gasteiger partial charge in [0.2, 0.25) is 0 Å². The summed E-state index contributed by atoms with van der Waals surface area (Å²) in [5.74, 6) is 0. The lowest BCUT2D eigenvalue weighted by atomic mass is 10.2. The van der Waals surface area contributed by atoms with Crippen LogP contribution in [0.5, 0.6) is 0 Å². The second-order valence-electron chi connectivity index (χ2n) is 8.91. The fraction of sp³-hybridized carbons (Fsp3) is 0.889. The molecule has 6 N–H and O–H groups in total. The van der Waals surface area contributed by atoms with Gasteiger partial charge in [-0.3, -0.25) is 0 Å². The monoisotopic (exact) mass is 404 g/mol. The number of hydrogen-bond acceptors (Lipinski definition) is 8. The van der Waals surface area contributed by atoms with E-state index in [0.29, 0.717) is 26.4 Å². The molecule has 10 heteroatoms. The average Bonchev–Trinajstić information content (AvgIpc) is 3.05. The van der Waals surface area contributed by atoms with Crippen LogP contribution in [0.1, 0.15) is 41.5 Å². The predicted octanol–water partition coefficient (Wildman–Crippen LogP) is 0.474. The lowest BCUT2D eigenvalue weighted by molar-refractivity contribution is 0.0485. The van der Waals surface area contributed by atoms with Crippen LogP contribution in [0.15, 0.2) is 0 Å². The van der Waals surface area contributed by atoms with Crippen molar-refractivity contribution in [3.05, 3.63) is 0 Å². The van der Waals surface area contributed by atoms with E-state index in [2.05, 4.69) is 10.6 Å². The van der Waals surface area contributed by atoms with Crippen LogP contribution in [0.3, 0.4) is 0 Å². The molecule has 0 unspecified atom stereocenters. The Morgan fingerprint density at radius 3 is 1.29 bits per heavy atom. The Kier molecular flexibility index (Phi) is 8.93. The molecule has 28 heavy (non-hydrogen) atoms. The van der Waals surface area contributed by atoms with Crippen LogP contribution in [0.25, 0.3) is 0 Å². The van der Waals surface area contributed by atoms with Gasteiger partial charge in [0.15, 0.2) is 0 Å². The van der Waals surface area contributed by atoms with E-state index in [1.165, 1.54) is 0 Å². The van der Waals surface area contributed by atoms with Crippen molar-refractivity contribution in [2.75, 3.05) is 26.4 Å². The summed E-state index contributed by atoms with van der Waals surface area (Å²) in [5, 5.41) is 5.35. The highest BCUT2D eigenvalue weighted by molar-refractivity contribution is 5.68. The third-order valence-electron chi connectivity index (χ3n) is 3.65. The number of nitrogens with one attached hydrogen (secondary N) is 2. The lowest BCUT2D eigenvalue weighted by Gasteiger charge is -2.22. The van der Waals surface area contributed by atoms with Crippen LogP contribution in [0.2, 0.25) is 0 Å². The number of hydrogen-bond donors (Lipinski definition) is 4. The Bertz CT molecular complexity index is 471. The van der Waals surface area contributed by atoms with Crippen LogP contribution in [-0.4, -0.2) is 74.0 Å². The molecule has 2 rings (SSSR count). The van der Waals surface area contributed by atoms with Gasteiger partial charge in [0.25, 0.3) is 0 Å². The Balaban J connectivity index is 0.000000280. The molecule has 2 saturated heterocycles. The maximum atomic E-state index is 11.3. The molecule has 0 radical (unpaired) electrons. The first kappa shape index (κ1) is 24.4. The molecule has 4 atom stereocenters. The fourth-order valence-electron chi connectivity index (χ4n) is 2.36. The molecule has 0 aromatic rings. The maximum Gasteiger partial charge on any atom is 0.408 e. The van der Waals surface area contributed by atoms with Crippen LogP contribution < -0.4 is 22.1 Å². The molecule has 0 saturated carbocycles. The number of carbonyl (C=O) groups excluding carboxylic acids is 2. The minimum atomic E-state index is -0.479. The van der Waals surface area contributed by atoms with Crippen LogP contribution in [-0.2, 0) is 18.9 Å². The van der Waals surface area contributed by atoms with Gasteiger partial charge >= 0.3 is 12.2 Å². The van der Waals surface area contributed by atoms with E-state index in [4.69, 9.17) is 30.4 Å². The lowest BCUT2D eigenvalue weighted by Crippen LogP contribution is -2.48. The van der Waals surface area contributed by atoms with Crippen molar-refractivity contribution in [1.82, 2.24) is 10.6 Å². The molecule has 0 aliphatic carbocycles. The standard InChI is InChI=1S/2C9H18N2O3/c2*1-9(2,3)14-8(12)11-7-5-13-4-6(7)10/h2*6-7H,4-5,10H2,1-3H3,(H,11,12)/t2*6-,7+/m10/s1. The normalized spacial score (nSPS) is 27.4. The third-order valence-corrected chi connectivity index (χ3v) is 3.65. The van der Waals surface area contributed by atoms with E-state index in [-0.39, 0.29) is 24.2 Å². The molecule has 10 nitrogen and oxygen atoms in total. The Labute approximate surface area is 166 Å². The number of nitrogens with two attached hydrogens (primary N) is 2. The topological polar surface area (TPSA) is 147 Å². The summed E-state index contributed by atoms with van der Waals surface area (Å²) in [4.78, 5) is 22.6. The van der Waals surface area contributed by atoms with Crippen molar-refractivity contribution in [2.45, 2.75) is 76.9 Å². The summed E-state index contributed by atoms with van der Waals surface area (Å²) in [6.45, 7) is 12.8. The minimum Gasteiger partial charge on any atom is -0.444 e. The van der Waals surface area contributed by atoms with Gasteiger partial charge in [-0.05, 0) is 41.5 Å². The summed E-state index contributed by atoms with van der Waals surface area (Å²) >= 11 is 0. The quantitative estimate of drug-likeness (QED) is 0.519. The third kappa shape index (κ3) is 10.1. The second-order valence-corrected chi connectivity index (χ2v) is 8.91. The number of ether oxygens (including phenoxy) is 4. The van der Waals surface area contributed by atoms with Crippen molar-refractivity contribution >= 4 is 12.2 Å². The first-order valence-corrected chi connectivity index (χ1v) is 9.42. The van der Waals surface area contributed by atoms with Crippen molar-refractivity contribution in [3.63, 3.8) is 0 Å². The summed E-state index contributed by atoms with van der Waals surface area (Å²) in [6, 6.07) is -0.542. The highest BCUT2D eigenvalue weighted by Gasteiger charge is 2.29. The number of alkyl carbamates (subject to hydrolysis) is 2. The molecule has 0 aromatic heterocycles. The molecule has 0 aromatic carbocycles. The molecule has 2 heterocycles. The Hall–Kier alpha value is -1.62. The van der Waals surface area contributed by atoms with Crippen molar-refractivity contribution in [3.8, 4) is 0 Å². The molecule has 164 valence electrons. The fourth-order valence-corrected chi connectivity index (χ4v) is 2.36. The molecular formula is C18H36N4O6. The molecular weight excluding hydrogens is 368 g/mol. The van der Waals surface area contributed by atoms with Gasteiger partial charge in [-0.25, -0.2) is 9.59 Å². The van der Waals surface area contributed by atoms with Crippen LogP contribution >= 0.6 is 0 Å². The van der Waals surface area contributed by atoms with Gasteiger partial charge in [0, 0.05) is 0 Å². The van der Waals surface area contributed by atoms with Gasteiger partial charge in [-0.15, -0.1) is 0 Å². The zero-order valence-corrected chi connectivity index (χ0v) is 17.7. The largest absolute Gasteiger partial charge is 0.444 e. The Morgan fingerprint density at radius 2 is 1.07 bits per heavy atom. The Morgan fingerprint density at radius 1 is 0.750 bits per heavy atom. The first-order chi connectivity index (χ1) is 12.8. The summed E-state index contributed by atoms with van der Waals surface area (Å²) in [5.41, 5.74) is 10.4. The summed E-state index contributed by atoms with van der Waals surface area (Å²) in [7, 11) is 0. The van der Waals surface area contributed by atoms with Crippen LogP contribution in [0, 0.1) is 0 Å². The molecule has 2 aliphatic rings. The van der Waals surface area contributed by atoms with Gasteiger partial charge in [0.1, 0.15) is 11.2 Å². The first-order valence-electron chi connectivity index (χ1n) is 9.42. The van der Waals surface area contributed by atoms with Gasteiger partial charge < -0.3 is 41.0 Å². The molecule has 2 aliphatic heterocycles. The average molecular weight is 405 g/mol. The van der Waals surface area contributed by atoms with Crippen molar-refractivity contribution < 1.29 is 28.5 Å². The zero-order valence-electron chi connectivity index (χ0n) is 17.7. The van der Waals surface area contributed by atoms with Crippen molar-refractivity contribution in [1.29, 1.82) is 0 Å². The smallest absolute Gasteiger partial charge is 0.408 e. The van der Waals surface area contributed by atoms with Gasteiger partial charge in [0.05, 0.1) is 50.6 Å². The molecule has 0 bridgehead atoms. The van der Waals surface area contributed by atoms with Gasteiger partial charge in [-0.1, -0.05) is 0 Å². The highest BCUT2D eigenvalue weighted by atomic mass is 16.6. The van der Waals surface area contributed by atoms with E-state index < -0.39 is 23.4 Å². The van der Waals surface area contributed by atoms with E-state index in [1.54, 1.807) is 0 Å². The highest BCUT2D eigenvalue weighted by Crippen LogP contribution is 2.09. The van der Waals surface area contributed by atoms with E-state index in [1.807, 2.05) is 41.5 Å². The predicted molar refractivity (Wildman–Crippen MR) is 104 cm³/mol. The molecule has 2 amide bonds. The molecule has 0 spiro atoms. The second kappa shape index (κ2) is 10.2. The number of amides is 2.